The van der Waals surface area contributed by atoms with E-state index in [1.54, 1.807) is 6.07 Å². The zero-order chi connectivity index (χ0) is 16.7. The molecule has 0 saturated heterocycles. The molecule has 23 heavy (non-hydrogen) atoms. The van der Waals surface area contributed by atoms with Gasteiger partial charge in [0.1, 0.15) is 0 Å². The van der Waals surface area contributed by atoms with Gasteiger partial charge in [-0.05, 0) is 53.2 Å². The quantitative estimate of drug-likeness (QED) is 0.762. The number of rotatable bonds is 5. The van der Waals surface area contributed by atoms with Gasteiger partial charge >= 0.3 is 0 Å². The van der Waals surface area contributed by atoms with Gasteiger partial charge in [-0.1, -0.05) is 25.5 Å². The summed E-state index contributed by atoms with van der Waals surface area (Å²) in [5.74, 6) is 0.0195. The first-order valence-electron chi connectivity index (χ1n) is 7.96. The number of para-hydroxylation sites is 1. The Morgan fingerprint density at radius 2 is 1.96 bits per heavy atom. The molecule has 0 radical (unpaired) electrons. The van der Waals surface area contributed by atoms with E-state index >= 15 is 0 Å². The number of nitrogens with one attached hydrogen (secondary N) is 2. The molecule has 0 spiro atoms. The number of anilines is 1. The summed E-state index contributed by atoms with van der Waals surface area (Å²) in [6, 6.07) is 7.37. The van der Waals surface area contributed by atoms with Crippen molar-refractivity contribution in [2.75, 3.05) is 5.32 Å². The topological polar surface area (TPSA) is 70.6 Å². The third-order valence-corrected chi connectivity index (χ3v) is 4.63. The lowest BCUT2D eigenvalue weighted by atomic mass is 9.89. The van der Waals surface area contributed by atoms with Crippen LogP contribution in [0.3, 0.4) is 0 Å². The van der Waals surface area contributed by atoms with Crippen molar-refractivity contribution >= 4 is 39.1 Å². The molecule has 0 aliphatic heterocycles. The number of carbonyl (C=O) groups excluding carboxylic acids is 2. The molecule has 1 aliphatic carbocycles. The fraction of sp³-hybridized carbons (Fsp3) is 0.471. The van der Waals surface area contributed by atoms with Gasteiger partial charge in [-0.3, -0.25) is 9.59 Å². The van der Waals surface area contributed by atoms with Crippen molar-refractivity contribution in [3.8, 4) is 0 Å². The van der Waals surface area contributed by atoms with Crippen LogP contribution in [0.15, 0.2) is 33.8 Å². The summed E-state index contributed by atoms with van der Waals surface area (Å²) in [7, 11) is 0. The summed E-state index contributed by atoms with van der Waals surface area (Å²) in [6.07, 6.45) is 4.69. The van der Waals surface area contributed by atoms with Crippen LogP contribution in [-0.4, -0.2) is 17.5 Å². The maximum Gasteiger partial charge on any atom is 0.240 e. The number of nitrogens with zero attached hydrogens (tertiary/aromatic N) is 1. The summed E-state index contributed by atoms with van der Waals surface area (Å²) >= 11 is 3.37. The number of carbonyl (C=O) groups is 2. The third-order valence-electron chi connectivity index (χ3n) is 3.94. The standard InChI is InChI=1S/C17H22BrN3O2/c1-12-6-2-4-8-14(12)20-21-17(23)11-10-16(22)19-15-9-5-3-7-13(15)18/h3,5,7,9,12H,2,4,6,8,10-11H2,1H3,(H,19,22)(H,21,23)/b20-14+. The molecule has 2 amide bonds. The predicted octanol–water partition coefficient (Wildman–Crippen LogP) is 3.85. The second kappa shape index (κ2) is 8.82. The fourth-order valence-electron chi connectivity index (χ4n) is 2.53. The predicted molar refractivity (Wildman–Crippen MR) is 95.2 cm³/mol. The molecular formula is C17H22BrN3O2. The van der Waals surface area contributed by atoms with Gasteiger partial charge < -0.3 is 5.32 Å². The van der Waals surface area contributed by atoms with Crippen LogP contribution in [0.25, 0.3) is 0 Å². The molecule has 1 unspecified atom stereocenters. The Hall–Kier alpha value is -1.69. The molecule has 1 aliphatic rings. The Kier molecular flexibility index (Phi) is 6.77. The maximum atomic E-state index is 11.9. The molecular weight excluding hydrogens is 358 g/mol. The van der Waals surface area contributed by atoms with Gasteiger partial charge in [-0.15, -0.1) is 0 Å². The second-order valence-electron chi connectivity index (χ2n) is 5.81. The average molecular weight is 380 g/mol. The van der Waals surface area contributed by atoms with Gasteiger partial charge in [-0.25, -0.2) is 5.43 Å². The number of halogens is 1. The summed E-state index contributed by atoms with van der Waals surface area (Å²) in [4.78, 5) is 23.7. The molecule has 2 rings (SSSR count). The molecule has 1 fully saturated rings. The smallest absolute Gasteiger partial charge is 0.240 e. The van der Waals surface area contributed by atoms with Crippen LogP contribution in [0, 0.1) is 5.92 Å². The first kappa shape index (κ1) is 17.7. The Morgan fingerprint density at radius 1 is 1.22 bits per heavy atom. The van der Waals surface area contributed by atoms with E-state index in [9.17, 15) is 9.59 Å². The molecule has 1 aromatic rings. The van der Waals surface area contributed by atoms with Crippen molar-refractivity contribution in [1.29, 1.82) is 0 Å². The summed E-state index contributed by atoms with van der Waals surface area (Å²) in [5.41, 5.74) is 4.33. The molecule has 2 N–H and O–H groups in total. The highest BCUT2D eigenvalue weighted by Gasteiger charge is 2.16. The Morgan fingerprint density at radius 3 is 2.70 bits per heavy atom. The van der Waals surface area contributed by atoms with Crippen LogP contribution in [0.4, 0.5) is 5.69 Å². The second-order valence-corrected chi connectivity index (χ2v) is 6.67. The maximum absolute atomic E-state index is 11.9. The SMILES string of the molecule is CC1CCCC/C1=N\NC(=O)CCC(=O)Nc1ccccc1Br. The number of amides is 2. The number of hydrogen-bond donors (Lipinski definition) is 2. The zero-order valence-electron chi connectivity index (χ0n) is 13.3. The van der Waals surface area contributed by atoms with Crippen LogP contribution in [0.1, 0.15) is 45.4 Å². The van der Waals surface area contributed by atoms with Gasteiger partial charge in [-0.2, -0.15) is 5.10 Å². The third kappa shape index (κ3) is 5.78. The minimum absolute atomic E-state index is 0.126. The lowest BCUT2D eigenvalue weighted by molar-refractivity contribution is -0.124. The van der Waals surface area contributed by atoms with Crippen LogP contribution < -0.4 is 10.7 Å². The van der Waals surface area contributed by atoms with Crippen molar-refractivity contribution in [2.45, 2.75) is 45.4 Å². The van der Waals surface area contributed by atoms with E-state index in [0.717, 1.165) is 29.4 Å². The van der Waals surface area contributed by atoms with Crippen molar-refractivity contribution in [1.82, 2.24) is 5.43 Å². The van der Waals surface area contributed by atoms with Gasteiger partial charge in [0.2, 0.25) is 11.8 Å². The highest BCUT2D eigenvalue weighted by Crippen LogP contribution is 2.22. The molecule has 1 aromatic carbocycles. The Balaban J connectivity index is 1.74. The molecule has 1 saturated carbocycles. The van der Waals surface area contributed by atoms with E-state index in [4.69, 9.17) is 0 Å². The van der Waals surface area contributed by atoms with E-state index in [-0.39, 0.29) is 24.7 Å². The highest BCUT2D eigenvalue weighted by molar-refractivity contribution is 9.10. The van der Waals surface area contributed by atoms with E-state index < -0.39 is 0 Å². The zero-order valence-corrected chi connectivity index (χ0v) is 14.9. The van der Waals surface area contributed by atoms with Gasteiger partial charge in [0, 0.05) is 23.0 Å². The normalized spacial score (nSPS) is 19.4. The lowest BCUT2D eigenvalue weighted by Crippen LogP contribution is -2.25. The lowest BCUT2D eigenvalue weighted by Gasteiger charge is -2.19. The van der Waals surface area contributed by atoms with Crippen LogP contribution in [0.2, 0.25) is 0 Å². The average Bonchev–Trinajstić information content (AvgIpc) is 2.54. The first-order chi connectivity index (χ1) is 11.1. The van der Waals surface area contributed by atoms with Crippen molar-refractivity contribution in [2.24, 2.45) is 11.0 Å². The van der Waals surface area contributed by atoms with E-state index in [1.165, 1.54) is 6.42 Å². The molecule has 6 heteroatoms. The number of benzene rings is 1. The Labute approximate surface area is 145 Å². The van der Waals surface area contributed by atoms with E-state index in [2.05, 4.69) is 38.7 Å². The van der Waals surface area contributed by atoms with Crippen LogP contribution in [0.5, 0.6) is 0 Å². The van der Waals surface area contributed by atoms with Gasteiger partial charge in [0.05, 0.1) is 5.69 Å². The van der Waals surface area contributed by atoms with E-state index in [0.29, 0.717) is 11.6 Å². The molecule has 0 heterocycles. The van der Waals surface area contributed by atoms with Crippen LogP contribution >= 0.6 is 15.9 Å². The summed E-state index contributed by atoms with van der Waals surface area (Å²) in [5, 5.41) is 6.99. The molecule has 0 aromatic heterocycles. The molecule has 5 nitrogen and oxygen atoms in total. The minimum atomic E-state index is -0.224. The monoisotopic (exact) mass is 379 g/mol. The van der Waals surface area contributed by atoms with Crippen molar-refractivity contribution in [3.63, 3.8) is 0 Å². The molecule has 0 bridgehead atoms. The van der Waals surface area contributed by atoms with Crippen molar-refractivity contribution < 1.29 is 9.59 Å². The van der Waals surface area contributed by atoms with Crippen LogP contribution in [-0.2, 0) is 9.59 Å². The highest BCUT2D eigenvalue weighted by atomic mass is 79.9. The van der Waals surface area contributed by atoms with Gasteiger partial charge in [0.15, 0.2) is 0 Å². The van der Waals surface area contributed by atoms with E-state index in [1.807, 2.05) is 18.2 Å². The van der Waals surface area contributed by atoms with Gasteiger partial charge in [0.25, 0.3) is 0 Å². The van der Waals surface area contributed by atoms with Crippen molar-refractivity contribution in [3.05, 3.63) is 28.7 Å². The first-order valence-corrected chi connectivity index (χ1v) is 8.75. The summed E-state index contributed by atoms with van der Waals surface area (Å²) in [6.45, 7) is 2.13. The Bertz CT molecular complexity index is 601. The molecule has 1 atom stereocenters. The molecule has 124 valence electrons. The fourth-order valence-corrected chi connectivity index (χ4v) is 2.91. The largest absolute Gasteiger partial charge is 0.325 e. The minimum Gasteiger partial charge on any atom is -0.325 e. The summed E-state index contributed by atoms with van der Waals surface area (Å²) < 4.78 is 0.815. The number of hydrogen-bond acceptors (Lipinski definition) is 3. The number of hydrazone groups is 1.